The summed E-state index contributed by atoms with van der Waals surface area (Å²) in [5.41, 5.74) is 1.10. The summed E-state index contributed by atoms with van der Waals surface area (Å²) < 4.78 is 18.7. The van der Waals surface area contributed by atoms with Gasteiger partial charge in [-0.05, 0) is 51.1 Å². The molecule has 1 heterocycles. The van der Waals surface area contributed by atoms with Gasteiger partial charge in [0.15, 0.2) is 0 Å². The van der Waals surface area contributed by atoms with Crippen molar-refractivity contribution in [2.75, 3.05) is 10.6 Å². The van der Waals surface area contributed by atoms with Gasteiger partial charge in [-0.2, -0.15) is 0 Å². The lowest BCUT2D eigenvalue weighted by atomic mass is 10.2. The third-order valence-corrected chi connectivity index (χ3v) is 2.80. The SMILES string of the molecule is CC(C)(C)OC(=O)Nc1ccc(F)cc1NCc1ccccn1. The number of aromatic nitrogens is 1. The van der Waals surface area contributed by atoms with Crippen molar-refractivity contribution in [2.24, 2.45) is 0 Å². The van der Waals surface area contributed by atoms with E-state index in [1.54, 1.807) is 27.0 Å². The van der Waals surface area contributed by atoms with Crippen LogP contribution in [0.5, 0.6) is 0 Å². The number of nitrogens with zero attached hydrogens (tertiary/aromatic N) is 1. The molecule has 122 valence electrons. The molecule has 0 radical (unpaired) electrons. The number of nitrogens with one attached hydrogen (secondary N) is 2. The quantitative estimate of drug-likeness (QED) is 0.888. The first-order valence-corrected chi connectivity index (χ1v) is 7.27. The zero-order valence-corrected chi connectivity index (χ0v) is 13.4. The van der Waals surface area contributed by atoms with Gasteiger partial charge in [0.25, 0.3) is 0 Å². The molecule has 0 unspecified atom stereocenters. The lowest BCUT2D eigenvalue weighted by Gasteiger charge is -2.20. The summed E-state index contributed by atoms with van der Waals surface area (Å²) in [6.45, 7) is 5.74. The largest absolute Gasteiger partial charge is 0.444 e. The third-order valence-electron chi connectivity index (χ3n) is 2.80. The normalized spacial score (nSPS) is 11.0. The highest BCUT2D eigenvalue weighted by molar-refractivity contribution is 5.89. The molecule has 23 heavy (non-hydrogen) atoms. The Balaban J connectivity index is 2.09. The molecule has 5 nitrogen and oxygen atoms in total. The van der Waals surface area contributed by atoms with Gasteiger partial charge < -0.3 is 10.1 Å². The van der Waals surface area contributed by atoms with Crippen LogP contribution in [0.2, 0.25) is 0 Å². The van der Waals surface area contributed by atoms with Crippen molar-refractivity contribution in [1.29, 1.82) is 0 Å². The van der Waals surface area contributed by atoms with E-state index in [0.717, 1.165) is 5.69 Å². The molecule has 0 saturated heterocycles. The molecule has 0 aliphatic heterocycles. The Labute approximate surface area is 134 Å². The molecule has 0 fully saturated rings. The maximum absolute atomic E-state index is 13.5. The number of benzene rings is 1. The second kappa shape index (κ2) is 7.09. The van der Waals surface area contributed by atoms with Gasteiger partial charge in [-0.25, -0.2) is 9.18 Å². The van der Waals surface area contributed by atoms with Crippen molar-refractivity contribution in [1.82, 2.24) is 4.98 Å². The van der Waals surface area contributed by atoms with E-state index in [2.05, 4.69) is 15.6 Å². The molecule has 0 aliphatic carbocycles. The summed E-state index contributed by atoms with van der Waals surface area (Å²) in [6.07, 6.45) is 1.09. The van der Waals surface area contributed by atoms with E-state index in [-0.39, 0.29) is 0 Å². The third kappa shape index (κ3) is 5.58. The van der Waals surface area contributed by atoms with Gasteiger partial charge in [-0.3, -0.25) is 10.3 Å². The van der Waals surface area contributed by atoms with Crippen molar-refractivity contribution >= 4 is 17.5 Å². The molecule has 0 aliphatic rings. The number of rotatable bonds is 4. The van der Waals surface area contributed by atoms with Crippen LogP contribution < -0.4 is 10.6 Å². The highest BCUT2D eigenvalue weighted by Gasteiger charge is 2.17. The van der Waals surface area contributed by atoms with E-state index in [0.29, 0.717) is 17.9 Å². The Morgan fingerprint density at radius 3 is 2.65 bits per heavy atom. The number of anilines is 2. The highest BCUT2D eigenvalue weighted by Crippen LogP contribution is 2.24. The molecule has 6 heteroatoms. The maximum Gasteiger partial charge on any atom is 0.412 e. The summed E-state index contributed by atoms with van der Waals surface area (Å²) >= 11 is 0. The van der Waals surface area contributed by atoms with Crippen LogP contribution in [-0.2, 0) is 11.3 Å². The summed E-state index contributed by atoms with van der Waals surface area (Å²) in [6, 6.07) is 9.62. The number of pyridine rings is 1. The number of carbonyl (C=O) groups is 1. The Bertz CT molecular complexity index is 669. The molecule has 0 saturated carbocycles. The molecule has 2 rings (SSSR count). The number of hydrogen-bond donors (Lipinski definition) is 2. The number of ether oxygens (including phenoxy) is 1. The Hall–Kier alpha value is -2.63. The van der Waals surface area contributed by atoms with Crippen LogP contribution in [0.25, 0.3) is 0 Å². The minimum atomic E-state index is -0.605. The van der Waals surface area contributed by atoms with Gasteiger partial charge in [0.05, 0.1) is 23.6 Å². The van der Waals surface area contributed by atoms with Crippen molar-refractivity contribution in [2.45, 2.75) is 32.9 Å². The average molecular weight is 317 g/mol. The van der Waals surface area contributed by atoms with E-state index < -0.39 is 17.5 Å². The van der Waals surface area contributed by atoms with Crippen molar-refractivity contribution in [3.8, 4) is 0 Å². The van der Waals surface area contributed by atoms with E-state index in [4.69, 9.17) is 4.74 Å². The molecule has 2 aromatic rings. The Morgan fingerprint density at radius 2 is 2.00 bits per heavy atom. The number of halogens is 1. The van der Waals surface area contributed by atoms with Gasteiger partial charge in [-0.1, -0.05) is 6.07 Å². The predicted molar refractivity (Wildman–Crippen MR) is 87.8 cm³/mol. The van der Waals surface area contributed by atoms with Crippen LogP contribution in [0, 0.1) is 5.82 Å². The first-order valence-electron chi connectivity index (χ1n) is 7.27. The lowest BCUT2D eigenvalue weighted by molar-refractivity contribution is 0.0636. The fraction of sp³-hybridized carbons (Fsp3) is 0.294. The van der Waals surface area contributed by atoms with Crippen molar-refractivity contribution in [3.05, 3.63) is 54.1 Å². The monoisotopic (exact) mass is 317 g/mol. The van der Waals surface area contributed by atoms with E-state index in [1.807, 2.05) is 18.2 Å². The molecule has 2 N–H and O–H groups in total. The van der Waals surface area contributed by atoms with Gasteiger partial charge in [-0.15, -0.1) is 0 Å². The molecular weight excluding hydrogens is 297 g/mol. The molecule has 0 bridgehead atoms. The Morgan fingerprint density at radius 1 is 1.22 bits per heavy atom. The predicted octanol–water partition coefficient (Wildman–Crippen LogP) is 4.18. The number of carbonyl (C=O) groups excluding carboxylic acids is 1. The summed E-state index contributed by atoms with van der Waals surface area (Å²) in [7, 11) is 0. The zero-order valence-electron chi connectivity index (χ0n) is 13.4. The second-order valence-electron chi connectivity index (χ2n) is 5.99. The first-order chi connectivity index (χ1) is 10.8. The Kier molecular flexibility index (Phi) is 5.16. The molecular formula is C17H20FN3O2. The number of amides is 1. The van der Waals surface area contributed by atoms with Crippen LogP contribution >= 0.6 is 0 Å². The van der Waals surface area contributed by atoms with E-state index in [9.17, 15) is 9.18 Å². The fourth-order valence-corrected chi connectivity index (χ4v) is 1.87. The highest BCUT2D eigenvalue weighted by atomic mass is 19.1. The molecule has 1 aromatic heterocycles. The van der Waals surface area contributed by atoms with Crippen LogP contribution in [0.4, 0.5) is 20.6 Å². The summed E-state index contributed by atoms with van der Waals surface area (Å²) in [5.74, 6) is -0.400. The van der Waals surface area contributed by atoms with Crippen LogP contribution in [0.15, 0.2) is 42.6 Å². The van der Waals surface area contributed by atoms with Crippen molar-refractivity contribution in [3.63, 3.8) is 0 Å². The average Bonchev–Trinajstić information content (AvgIpc) is 2.46. The van der Waals surface area contributed by atoms with Gasteiger partial charge >= 0.3 is 6.09 Å². The summed E-state index contributed by atoms with van der Waals surface area (Å²) in [4.78, 5) is 16.1. The minimum Gasteiger partial charge on any atom is -0.444 e. The maximum atomic E-state index is 13.5. The van der Waals surface area contributed by atoms with E-state index >= 15 is 0 Å². The van der Waals surface area contributed by atoms with Crippen molar-refractivity contribution < 1.29 is 13.9 Å². The van der Waals surface area contributed by atoms with Crippen LogP contribution in [0.3, 0.4) is 0 Å². The van der Waals surface area contributed by atoms with Crippen LogP contribution in [-0.4, -0.2) is 16.7 Å². The lowest BCUT2D eigenvalue weighted by Crippen LogP contribution is -2.27. The number of hydrogen-bond acceptors (Lipinski definition) is 4. The molecule has 0 spiro atoms. The molecule has 0 atom stereocenters. The minimum absolute atomic E-state index is 0.400. The fourth-order valence-electron chi connectivity index (χ4n) is 1.87. The van der Waals surface area contributed by atoms with Gasteiger partial charge in [0, 0.05) is 6.20 Å². The van der Waals surface area contributed by atoms with E-state index in [1.165, 1.54) is 18.2 Å². The first kappa shape index (κ1) is 16.7. The van der Waals surface area contributed by atoms with Gasteiger partial charge in [0.1, 0.15) is 11.4 Å². The smallest absolute Gasteiger partial charge is 0.412 e. The molecule has 1 amide bonds. The summed E-state index contributed by atoms with van der Waals surface area (Å²) in [5, 5.41) is 5.69. The zero-order chi connectivity index (χ0) is 16.9. The topological polar surface area (TPSA) is 63.2 Å². The standard InChI is InChI=1S/C17H20FN3O2/c1-17(2,3)23-16(22)21-14-8-7-12(18)10-15(14)20-11-13-6-4-5-9-19-13/h4-10,20H,11H2,1-3H3,(H,21,22). The van der Waals surface area contributed by atoms with Gasteiger partial charge in [0.2, 0.25) is 0 Å². The van der Waals surface area contributed by atoms with Crippen LogP contribution in [0.1, 0.15) is 26.5 Å². The molecule has 1 aromatic carbocycles. The second-order valence-corrected chi connectivity index (χ2v) is 5.99.